The van der Waals surface area contributed by atoms with Crippen LogP contribution in [0.2, 0.25) is 0 Å². The molecular formula is C22H29N3O4. The van der Waals surface area contributed by atoms with Crippen molar-refractivity contribution in [1.29, 1.82) is 0 Å². The van der Waals surface area contributed by atoms with Crippen LogP contribution in [0, 0.1) is 17.3 Å². The topological polar surface area (TPSA) is 73.3 Å². The van der Waals surface area contributed by atoms with Gasteiger partial charge >= 0.3 is 0 Å². The zero-order chi connectivity index (χ0) is 20.0. The Kier molecular flexibility index (Phi) is 4.75. The maximum Gasteiger partial charge on any atom is 0.241 e. The summed E-state index contributed by atoms with van der Waals surface area (Å²) in [4.78, 5) is 31.6. The zero-order valence-electron chi connectivity index (χ0n) is 16.8. The molecule has 0 bridgehead atoms. The quantitative estimate of drug-likeness (QED) is 0.817. The Hall–Kier alpha value is -2.12. The molecule has 2 atom stereocenters. The van der Waals surface area contributed by atoms with E-state index in [-0.39, 0.29) is 35.7 Å². The van der Waals surface area contributed by atoms with Crippen LogP contribution in [0.3, 0.4) is 0 Å². The minimum Gasteiger partial charge on any atom is -0.490 e. The average Bonchev–Trinajstić information content (AvgIpc) is 3.20. The van der Waals surface area contributed by atoms with Crippen LogP contribution in [-0.2, 0) is 9.59 Å². The van der Waals surface area contributed by atoms with E-state index in [0.717, 1.165) is 37.2 Å². The number of hydrogen-bond acceptors (Lipinski definition) is 5. The first-order chi connectivity index (χ1) is 14.1. The van der Waals surface area contributed by atoms with Crippen molar-refractivity contribution in [3.63, 3.8) is 0 Å². The van der Waals surface area contributed by atoms with Gasteiger partial charge in [-0.15, -0.1) is 0 Å². The molecule has 0 spiro atoms. The molecule has 7 heteroatoms. The lowest BCUT2D eigenvalue weighted by molar-refractivity contribution is -0.138. The van der Waals surface area contributed by atoms with E-state index in [4.69, 9.17) is 4.74 Å². The second-order valence-corrected chi connectivity index (χ2v) is 9.10. The summed E-state index contributed by atoms with van der Waals surface area (Å²) in [6.45, 7) is 4.22. The largest absolute Gasteiger partial charge is 0.490 e. The van der Waals surface area contributed by atoms with Crippen LogP contribution in [0.5, 0.6) is 5.75 Å². The van der Waals surface area contributed by atoms with Crippen LogP contribution >= 0.6 is 0 Å². The molecule has 7 nitrogen and oxygen atoms in total. The molecule has 0 radical (unpaired) electrons. The minimum absolute atomic E-state index is 0.0659. The third-order valence-electron chi connectivity index (χ3n) is 7.30. The Balaban J connectivity index is 1.24. The van der Waals surface area contributed by atoms with Crippen molar-refractivity contribution in [2.75, 3.05) is 57.4 Å². The summed E-state index contributed by atoms with van der Waals surface area (Å²) in [5.41, 5.74) is 0.542. The number of likely N-dealkylation sites (tertiary alicyclic amines) is 2. The van der Waals surface area contributed by atoms with Gasteiger partial charge in [-0.05, 0) is 30.9 Å². The van der Waals surface area contributed by atoms with Crippen molar-refractivity contribution in [2.45, 2.75) is 19.3 Å². The van der Waals surface area contributed by atoms with Gasteiger partial charge in [0.25, 0.3) is 0 Å². The zero-order valence-corrected chi connectivity index (χ0v) is 16.8. The van der Waals surface area contributed by atoms with E-state index in [1.807, 2.05) is 34.1 Å². The molecule has 1 aromatic carbocycles. The number of carbonyl (C=O) groups excluding carboxylic acids is 2. The number of nitrogens with zero attached hydrogens (tertiary/aromatic N) is 3. The van der Waals surface area contributed by atoms with Crippen LogP contribution < -0.4 is 9.64 Å². The van der Waals surface area contributed by atoms with Crippen molar-refractivity contribution in [2.24, 2.45) is 17.3 Å². The highest BCUT2D eigenvalue weighted by Gasteiger charge is 2.54. The number of aliphatic hydroxyl groups is 1. The summed E-state index contributed by atoms with van der Waals surface area (Å²) < 4.78 is 5.66. The first-order valence-electron chi connectivity index (χ1n) is 10.7. The number of para-hydroxylation sites is 2. The van der Waals surface area contributed by atoms with Gasteiger partial charge in [-0.2, -0.15) is 0 Å². The monoisotopic (exact) mass is 399 g/mol. The third kappa shape index (κ3) is 3.20. The molecule has 1 aliphatic carbocycles. The smallest absolute Gasteiger partial charge is 0.241 e. The van der Waals surface area contributed by atoms with Crippen molar-refractivity contribution in [3.8, 4) is 5.75 Å². The van der Waals surface area contributed by atoms with Crippen LogP contribution in [0.1, 0.15) is 19.3 Å². The Morgan fingerprint density at radius 1 is 1.17 bits per heavy atom. The molecule has 3 fully saturated rings. The van der Waals surface area contributed by atoms with Gasteiger partial charge in [-0.3, -0.25) is 14.5 Å². The van der Waals surface area contributed by atoms with Crippen LogP contribution in [-0.4, -0.2) is 79.2 Å². The van der Waals surface area contributed by atoms with Crippen LogP contribution in [0.15, 0.2) is 24.3 Å². The highest BCUT2D eigenvalue weighted by Crippen LogP contribution is 2.43. The molecule has 3 heterocycles. The van der Waals surface area contributed by atoms with Gasteiger partial charge in [-0.25, -0.2) is 0 Å². The number of rotatable bonds is 4. The van der Waals surface area contributed by atoms with E-state index in [0.29, 0.717) is 39.3 Å². The van der Waals surface area contributed by atoms with E-state index in [9.17, 15) is 14.7 Å². The molecular weight excluding hydrogens is 370 g/mol. The van der Waals surface area contributed by atoms with Gasteiger partial charge in [0.2, 0.25) is 11.8 Å². The normalized spacial score (nSPS) is 29.2. The molecule has 156 valence electrons. The van der Waals surface area contributed by atoms with Crippen LogP contribution in [0.25, 0.3) is 0 Å². The number of amides is 2. The van der Waals surface area contributed by atoms with Gasteiger partial charge in [0.1, 0.15) is 12.4 Å². The lowest BCUT2D eigenvalue weighted by atomic mass is 9.82. The fraction of sp³-hybridized carbons (Fsp3) is 0.636. The Morgan fingerprint density at radius 3 is 2.72 bits per heavy atom. The lowest BCUT2D eigenvalue weighted by Crippen LogP contribution is -2.46. The van der Waals surface area contributed by atoms with Gasteiger partial charge in [0.05, 0.1) is 25.4 Å². The summed E-state index contributed by atoms with van der Waals surface area (Å²) in [5, 5.41) is 10.2. The van der Waals surface area contributed by atoms with Gasteiger partial charge in [0, 0.05) is 37.5 Å². The standard InChI is InChI=1S/C22H29N3O4/c26-15-22-13-23(10-17(22)11-24(14-22)21(28)16-4-3-5-16)12-20(27)25-8-9-29-19-7-2-1-6-18(19)25/h1-2,6-7,16-17,26H,3-5,8-15H2. The molecule has 29 heavy (non-hydrogen) atoms. The number of fused-ring (bicyclic) bond motifs is 2. The number of carbonyl (C=O) groups is 2. The summed E-state index contributed by atoms with van der Waals surface area (Å²) in [7, 11) is 0. The number of benzene rings is 1. The fourth-order valence-electron chi connectivity index (χ4n) is 5.42. The van der Waals surface area contributed by atoms with Gasteiger partial charge in [-0.1, -0.05) is 18.6 Å². The summed E-state index contributed by atoms with van der Waals surface area (Å²) >= 11 is 0. The van der Waals surface area contributed by atoms with E-state index in [1.165, 1.54) is 0 Å². The van der Waals surface area contributed by atoms with Gasteiger partial charge < -0.3 is 19.6 Å². The number of ether oxygens (including phenoxy) is 1. The molecule has 2 saturated heterocycles. The number of hydrogen-bond donors (Lipinski definition) is 1. The minimum atomic E-state index is -0.289. The van der Waals surface area contributed by atoms with Crippen molar-refractivity contribution >= 4 is 17.5 Å². The second kappa shape index (κ2) is 7.29. The highest BCUT2D eigenvalue weighted by atomic mass is 16.5. The van der Waals surface area contributed by atoms with E-state index >= 15 is 0 Å². The van der Waals surface area contributed by atoms with E-state index in [1.54, 1.807) is 0 Å². The molecule has 1 saturated carbocycles. The van der Waals surface area contributed by atoms with Crippen LogP contribution in [0.4, 0.5) is 5.69 Å². The predicted octanol–water partition coefficient (Wildman–Crippen LogP) is 0.965. The summed E-state index contributed by atoms with van der Waals surface area (Å²) in [5.74, 6) is 1.52. The van der Waals surface area contributed by atoms with Crippen molar-refractivity contribution in [3.05, 3.63) is 24.3 Å². The molecule has 1 N–H and O–H groups in total. The second-order valence-electron chi connectivity index (χ2n) is 9.10. The first kappa shape index (κ1) is 18.9. The number of anilines is 1. The molecule has 2 amide bonds. The SMILES string of the molecule is O=C(C1CCC1)N1CC2CN(CC(=O)N3CCOc4ccccc43)CC2(CO)C1. The van der Waals surface area contributed by atoms with Crippen molar-refractivity contribution in [1.82, 2.24) is 9.80 Å². The lowest BCUT2D eigenvalue weighted by Gasteiger charge is -2.33. The first-order valence-corrected chi connectivity index (χ1v) is 10.7. The maximum atomic E-state index is 13.0. The summed E-state index contributed by atoms with van der Waals surface area (Å²) in [6, 6.07) is 7.65. The Bertz CT molecular complexity index is 811. The average molecular weight is 399 g/mol. The predicted molar refractivity (Wildman–Crippen MR) is 108 cm³/mol. The highest BCUT2D eigenvalue weighted by molar-refractivity contribution is 5.96. The van der Waals surface area contributed by atoms with E-state index < -0.39 is 0 Å². The summed E-state index contributed by atoms with van der Waals surface area (Å²) in [6.07, 6.45) is 3.17. The maximum absolute atomic E-state index is 13.0. The molecule has 3 aliphatic heterocycles. The molecule has 0 aromatic heterocycles. The van der Waals surface area contributed by atoms with E-state index in [2.05, 4.69) is 4.90 Å². The van der Waals surface area contributed by atoms with Gasteiger partial charge in [0.15, 0.2) is 0 Å². The molecule has 5 rings (SSSR count). The third-order valence-corrected chi connectivity index (χ3v) is 7.30. The molecule has 2 unspecified atom stereocenters. The molecule has 4 aliphatic rings. The number of aliphatic hydroxyl groups excluding tert-OH is 1. The molecule has 1 aromatic rings. The van der Waals surface area contributed by atoms with Crippen molar-refractivity contribution < 1.29 is 19.4 Å². The fourth-order valence-corrected chi connectivity index (χ4v) is 5.42. The Morgan fingerprint density at radius 2 is 2.00 bits per heavy atom. The Labute approximate surface area is 171 Å².